The highest BCUT2D eigenvalue weighted by molar-refractivity contribution is 7.93. The summed E-state index contributed by atoms with van der Waals surface area (Å²) in [6.45, 7) is 0.879. The van der Waals surface area contributed by atoms with Gasteiger partial charge < -0.3 is 10.2 Å². The lowest BCUT2D eigenvalue weighted by Crippen LogP contribution is -2.26. The Hall–Kier alpha value is -2.54. The van der Waals surface area contributed by atoms with Crippen LogP contribution in [0.4, 0.5) is 11.4 Å². The molecule has 7 heteroatoms. The van der Waals surface area contributed by atoms with Crippen molar-refractivity contribution < 1.29 is 13.2 Å². The first kappa shape index (κ1) is 18.3. The zero-order chi connectivity index (χ0) is 18.7. The van der Waals surface area contributed by atoms with Crippen LogP contribution in [0.25, 0.3) is 0 Å². The first-order valence-electron chi connectivity index (χ1n) is 8.52. The molecule has 1 amide bonds. The molecule has 0 atom stereocenters. The van der Waals surface area contributed by atoms with E-state index in [4.69, 9.17) is 0 Å². The summed E-state index contributed by atoms with van der Waals surface area (Å²) >= 11 is 0. The number of nitrogens with one attached hydrogen (secondary N) is 1. The molecule has 6 nitrogen and oxygen atoms in total. The van der Waals surface area contributed by atoms with Gasteiger partial charge in [0, 0.05) is 38.4 Å². The Morgan fingerprint density at radius 1 is 1.15 bits per heavy atom. The normalized spacial score (nSPS) is 15.7. The predicted octanol–water partition coefficient (Wildman–Crippen LogP) is 2.22. The van der Waals surface area contributed by atoms with Gasteiger partial charge in [0.1, 0.15) is 0 Å². The van der Waals surface area contributed by atoms with Crippen molar-refractivity contribution in [3.05, 3.63) is 59.7 Å². The van der Waals surface area contributed by atoms with E-state index >= 15 is 0 Å². The van der Waals surface area contributed by atoms with Crippen LogP contribution >= 0.6 is 0 Å². The van der Waals surface area contributed by atoms with Gasteiger partial charge in [0.2, 0.25) is 10.0 Å². The fourth-order valence-electron chi connectivity index (χ4n) is 2.93. The van der Waals surface area contributed by atoms with Crippen molar-refractivity contribution in [2.45, 2.75) is 13.0 Å². The molecule has 0 saturated carbocycles. The van der Waals surface area contributed by atoms with Crippen LogP contribution < -0.4 is 14.5 Å². The number of hydrogen-bond donors (Lipinski definition) is 1. The summed E-state index contributed by atoms with van der Waals surface area (Å²) in [7, 11) is 0.702. The summed E-state index contributed by atoms with van der Waals surface area (Å²) in [6, 6.07) is 14.7. The molecule has 0 bridgehead atoms. The molecule has 0 unspecified atom stereocenters. The van der Waals surface area contributed by atoms with Gasteiger partial charge >= 0.3 is 0 Å². The van der Waals surface area contributed by atoms with Crippen molar-refractivity contribution >= 4 is 27.3 Å². The Morgan fingerprint density at radius 2 is 1.88 bits per heavy atom. The minimum atomic E-state index is -3.25. The molecule has 1 N–H and O–H groups in total. The van der Waals surface area contributed by atoms with Gasteiger partial charge in [-0.2, -0.15) is 0 Å². The summed E-state index contributed by atoms with van der Waals surface area (Å²) < 4.78 is 25.5. The first-order valence-corrected chi connectivity index (χ1v) is 10.1. The van der Waals surface area contributed by atoms with E-state index in [0.29, 0.717) is 30.8 Å². The van der Waals surface area contributed by atoms with Crippen molar-refractivity contribution in [1.29, 1.82) is 0 Å². The topological polar surface area (TPSA) is 69.7 Å². The Balaban J connectivity index is 1.67. The van der Waals surface area contributed by atoms with Gasteiger partial charge in [-0.25, -0.2) is 8.42 Å². The second kappa shape index (κ2) is 7.37. The highest BCUT2D eigenvalue weighted by Gasteiger charge is 2.28. The fourth-order valence-corrected chi connectivity index (χ4v) is 4.48. The molecular weight excluding hydrogens is 350 g/mol. The molecule has 2 aromatic carbocycles. The quantitative estimate of drug-likeness (QED) is 0.873. The minimum absolute atomic E-state index is 0.159. The number of sulfonamides is 1. The van der Waals surface area contributed by atoms with E-state index in [9.17, 15) is 13.2 Å². The van der Waals surface area contributed by atoms with E-state index in [-0.39, 0.29) is 11.7 Å². The summed E-state index contributed by atoms with van der Waals surface area (Å²) in [5, 5.41) is 2.88. The molecule has 138 valence electrons. The van der Waals surface area contributed by atoms with Gasteiger partial charge in [-0.3, -0.25) is 9.10 Å². The van der Waals surface area contributed by atoms with Gasteiger partial charge in [-0.05, 0) is 42.3 Å². The lowest BCUT2D eigenvalue weighted by molar-refractivity contribution is 0.0951. The van der Waals surface area contributed by atoms with E-state index in [1.54, 1.807) is 24.3 Å². The van der Waals surface area contributed by atoms with E-state index in [0.717, 1.165) is 11.3 Å². The van der Waals surface area contributed by atoms with Crippen LogP contribution in [-0.4, -0.2) is 40.7 Å². The van der Waals surface area contributed by atoms with E-state index < -0.39 is 10.0 Å². The molecule has 1 heterocycles. The van der Waals surface area contributed by atoms with Gasteiger partial charge in [0.15, 0.2) is 0 Å². The smallest absolute Gasteiger partial charge is 0.251 e. The third kappa shape index (κ3) is 3.99. The highest BCUT2D eigenvalue weighted by Crippen LogP contribution is 2.24. The van der Waals surface area contributed by atoms with Crippen LogP contribution in [-0.2, 0) is 16.6 Å². The van der Waals surface area contributed by atoms with Gasteiger partial charge in [0.05, 0.1) is 11.4 Å². The monoisotopic (exact) mass is 373 g/mol. The Bertz CT molecular complexity index is 893. The van der Waals surface area contributed by atoms with Crippen LogP contribution in [0.1, 0.15) is 22.3 Å². The van der Waals surface area contributed by atoms with Crippen molar-refractivity contribution in [3.63, 3.8) is 0 Å². The first-order chi connectivity index (χ1) is 12.4. The zero-order valence-electron chi connectivity index (χ0n) is 15.0. The van der Waals surface area contributed by atoms with Crippen molar-refractivity contribution in [1.82, 2.24) is 5.32 Å². The second-order valence-corrected chi connectivity index (χ2v) is 8.55. The molecule has 0 radical (unpaired) electrons. The van der Waals surface area contributed by atoms with Gasteiger partial charge in [-0.1, -0.05) is 18.2 Å². The third-order valence-electron chi connectivity index (χ3n) is 4.40. The van der Waals surface area contributed by atoms with Gasteiger partial charge in [-0.15, -0.1) is 0 Å². The molecule has 1 aliphatic rings. The molecule has 1 aliphatic heterocycles. The molecule has 0 aromatic heterocycles. The Morgan fingerprint density at radius 3 is 2.50 bits per heavy atom. The molecule has 3 rings (SSSR count). The average molecular weight is 373 g/mol. The lowest BCUT2D eigenvalue weighted by atomic mass is 10.1. The third-order valence-corrected chi connectivity index (χ3v) is 6.27. The van der Waals surface area contributed by atoms with Crippen LogP contribution in [0.3, 0.4) is 0 Å². The molecular formula is C19H23N3O3S. The van der Waals surface area contributed by atoms with Crippen molar-refractivity contribution in [2.75, 3.05) is 35.6 Å². The molecule has 0 aliphatic carbocycles. The van der Waals surface area contributed by atoms with E-state index in [1.807, 2.05) is 43.3 Å². The Labute approximate surface area is 154 Å². The van der Waals surface area contributed by atoms with E-state index in [1.165, 1.54) is 4.31 Å². The minimum Gasteiger partial charge on any atom is -0.378 e. The standard InChI is InChI=1S/C19H23N3O3S/c1-21(2)17-9-7-15(8-10-17)14-20-19(23)16-5-3-6-18(13-16)22-11-4-12-26(22,24)25/h3,5-10,13H,4,11-12,14H2,1-2H3,(H,20,23). The fraction of sp³-hybridized carbons (Fsp3) is 0.316. The number of nitrogens with zero attached hydrogens (tertiary/aromatic N) is 2. The second-order valence-electron chi connectivity index (χ2n) is 6.54. The molecule has 1 fully saturated rings. The number of benzene rings is 2. The van der Waals surface area contributed by atoms with Gasteiger partial charge in [0.25, 0.3) is 5.91 Å². The summed E-state index contributed by atoms with van der Waals surface area (Å²) in [4.78, 5) is 14.4. The maximum atomic E-state index is 12.4. The molecule has 1 saturated heterocycles. The number of anilines is 2. The van der Waals surface area contributed by atoms with Crippen LogP contribution in [0.15, 0.2) is 48.5 Å². The van der Waals surface area contributed by atoms with Crippen molar-refractivity contribution in [2.24, 2.45) is 0 Å². The number of carbonyl (C=O) groups is 1. The number of rotatable bonds is 5. The zero-order valence-corrected chi connectivity index (χ0v) is 15.8. The predicted molar refractivity (Wildman–Crippen MR) is 104 cm³/mol. The summed E-state index contributed by atoms with van der Waals surface area (Å²) in [5.41, 5.74) is 3.10. The maximum absolute atomic E-state index is 12.4. The number of hydrogen-bond acceptors (Lipinski definition) is 4. The van der Waals surface area contributed by atoms with Crippen LogP contribution in [0.2, 0.25) is 0 Å². The van der Waals surface area contributed by atoms with Crippen LogP contribution in [0.5, 0.6) is 0 Å². The molecule has 2 aromatic rings. The summed E-state index contributed by atoms with van der Waals surface area (Å²) in [5.74, 6) is -0.0630. The van der Waals surface area contributed by atoms with E-state index in [2.05, 4.69) is 5.32 Å². The van der Waals surface area contributed by atoms with Crippen molar-refractivity contribution in [3.8, 4) is 0 Å². The summed E-state index contributed by atoms with van der Waals surface area (Å²) in [6.07, 6.45) is 0.613. The number of carbonyl (C=O) groups excluding carboxylic acids is 1. The lowest BCUT2D eigenvalue weighted by Gasteiger charge is -2.17. The maximum Gasteiger partial charge on any atom is 0.251 e. The highest BCUT2D eigenvalue weighted by atomic mass is 32.2. The molecule has 26 heavy (non-hydrogen) atoms. The average Bonchev–Trinajstić information content (AvgIpc) is 2.99. The molecule has 0 spiro atoms. The number of amides is 1. The van der Waals surface area contributed by atoms with Crippen LogP contribution in [0, 0.1) is 0 Å². The SMILES string of the molecule is CN(C)c1ccc(CNC(=O)c2cccc(N3CCCS3(=O)=O)c2)cc1. The largest absolute Gasteiger partial charge is 0.378 e. The Kier molecular flexibility index (Phi) is 5.18.